The molecule has 0 aliphatic rings. The van der Waals surface area contributed by atoms with Gasteiger partial charge in [0.15, 0.2) is 34.9 Å². The first-order valence-electron chi connectivity index (χ1n) is 37.5. The molecule has 512 valence electrons. The predicted molar refractivity (Wildman–Crippen MR) is 454 cm³/mol. The maximum absolute atomic E-state index is 9.21. The minimum atomic E-state index is 0.321. The molecule has 0 aliphatic heterocycles. The zero-order chi connectivity index (χ0) is 73.5. The van der Waals surface area contributed by atoms with Gasteiger partial charge in [-0.3, -0.25) is 0 Å². The standard InChI is InChI=1S/2C51H31N3O/c2*1-3-13-32(14-4-1)34-17-11-18-37(29-34)50-52-49(33-15-5-2-6-16-33)53-51(54-50)43-23-12-24-47-48(43)45-31-36(26-28-46(45)55-47)35-25-27-42-40-21-8-7-19-38(40)39-20-9-10-22-41(39)44(42)30-35/h2*1-31H/i28D;. The smallest absolute Gasteiger partial charge is 0.164 e. The van der Waals surface area contributed by atoms with Crippen molar-refractivity contribution in [3.8, 4) is 113 Å². The molecule has 0 fully saturated rings. The van der Waals surface area contributed by atoms with Gasteiger partial charge in [0.2, 0.25) is 0 Å². The lowest BCUT2D eigenvalue weighted by Crippen LogP contribution is -2.00. The van der Waals surface area contributed by atoms with Crippen LogP contribution in [0.25, 0.3) is 221 Å². The van der Waals surface area contributed by atoms with E-state index in [1.807, 2.05) is 133 Å². The molecule has 18 aromatic carbocycles. The van der Waals surface area contributed by atoms with Gasteiger partial charge in [0, 0.05) is 54.9 Å². The number of rotatable bonds is 10. The van der Waals surface area contributed by atoms with Crippen LogP contribution in [0, 0.1) is 0 Å². The van der Waals surface area contributed by atoms with Crippen molar-refractivity contribution in [1.29, 1.82) is 0 Å². The summed E-state index contributed by atoms with van der Waals surface area (Å²) in [5.74, 6) is 3.52. The highest BCUT2D eigenvalue weighted by Gasteiger charge is 2.23. The molecule has 8 heteroatoms. The summed E-state index contributed by atoms with van der Waals surface area (Å²) in [6.45, 7) is 0. The van der Waals surface area contributed by atoms with Gasteiger partial charge >= 0.3 is 0 Å². The monoisotopic (exact) mass is 1400 g/mol. The lowest BCUT2D eigenvalue weighted by Gasteiger charge is -2.12. The SMILES string of the molecule is [2H]c1cc(-c2ccc3c4ccccc4c4ccccc4c3c2)cc2c1oc1cccc(-c3nc(-c4ccccc4)nc(-c4cccc(-c5ccccc5)c4)n3)c12.c1ccc(-c2cccc(-c3nc(-c4ccccc4)nc(-c4cccc5oc6ccc(-c7ccc8c9ccccc9c9ccccc9c8c7)cc6c45)n3)c2)cc1. The molecular formula is C102H62N6O2. The largest absolute Gasteiger partial charge is 0.456 e. The van der Waals surface area contributed by atoms with Crippen LogP contribution in [0.1, 0.15) is 1.37 Å². The minimum absolute atomic E-state index is 0.321. The summed E-state index contributed by atoms with van der Waals surface area (Å²) in [7, 11) is 0. The van der Waals surface area contributed by atoms with Crippen LogP contribution in [-0.4, -0.2) is 29.9 Å². The van der Waals surface area contributed by atoms with Crippen LogP contribution in [0.5, 0.6) is 0 Å². The number of nitrogens with zero attached hydrogens (tertiary/aromatic N) is 6. The lowest BCUT2D eigenvalue weighted by molar-refractivity contribution is 0.668. The Morgan fingerprint density at radius 2 is 0.436 bits per heavy atom. The molecule has 0 amide bonds. The molecule has 0 bridgehead atoms. The highest BCUT2D eigenvalue weighted by molar-refractivity contribution is 6.27. The molecule has 0 saturated carbocycles. The summed E-state index contributed by atoms with van der Waals surface area (Å²) in [6.07, 6.45) is 0. The zero-order valence-electron chi connectivity index (χ0n) is 60.2. The summed E-state index contributed by atoms with van der Waals surface area (Å²) in [6, 6.07) is 129. The molecule has 4 heterocycles. The van der Waals surface area contributed by atoms with E-state index in [4.69, 9.17) is 38.7 Å². The third-order valence-electron chi connectivity index (χ3n) is 21.3. The fourth-order valence-electron chi connectivity index (χ4n) is 16.1. The predicted octanol–water partition coefficient (Wildman–Crippen LogP) is 27.1. The lowest BCUT2D eigenvalue weighted by atomic mass is 9.92. The Labute approximate surface area is 633 Å². The quantitative estimate of drug-likeness (QED) is 0.125. The van der Waals surface area contributed by atoms with Crippen LogP contribution in [0.2, 0.25) is 0 Å². The van der Waals surface area contributed by atoms with E-state index in [0.717, 1.165) is 111 Å². The third-order valence-corrected chi connectivity index (χ3v) is 21.3. The minimum Gasteiger partial charge on any atom is -0.456 e. The second-order valence-corrected chi connectivity index (χ2v) is 27.8. The highest BCUT2D eigenvalue weighted by atomic mass is 16.3. The van der Waals surface area contributed by atoms with E-state index in [-0.39, 0.29) is 0 Å². The first-order chi connectivity index (χ1) is 54.9. The Kier molecular flexibility index (Phi) is 15.1. The summed E-state index contributed by atoms with van der Waals surface area (Å²) in [4.78, 5) is 30.6. The molecule has 0 unspecified atom stereocenters. The number of hydrogen-bond acceptors (Lipinski definition) is 8. The molecular weight excluding hydrogens is 1340 g/mol. The van der Waals surface area contributed by atoms with E-state index in [1.165, 1.54) is 64.6 Å². The van der Waals surface area contributed by atoms with Gasteiger partial charge in [-0.25, -0.2) is 29.9 Å². The van der Waals surface area contributed by atoms with Gasteiger partial charge in [-0.1, -0.05) is 315 Å². The van der Waals surface area contributed by atoms with Crippen LogP contribution in [0.15, 0.2) is 385 Å². The van der Waals surface area contributed by atoms with Gasteiger partial charge in [0.25, 0.3) is 0 Å². The molecule has 8 nitrogen and oxygen atoms in total. The third kappa shape index (κ3) is 11.2. The average Bonchev–Trinajstić information content (AvgIpc) is 1.67. The Bertz CT molecular complexity index is 7400. The molecule has 22 rings (SSSR count). The first-order valence-corrected chi connectivity index (χ1v) is 37.0. The van der Waals surface area contributed by atoms with Gasteiger partial charge < -0.3 is 8.83 Å². The van der Waals surface area contributed by atoms with E-state index in [1.54, 1.807) is 0 Å². The zero-order valence-corrected chi connectivity index (χ0v) is 59.2. The van der Waals surface area contributed by atoms with Crippen molar-refractivity contribution in [2.75, 3.05) is 0 Å². The van der Waals surface area contributed by atoms with Crippen LogP contribution < -0.4 is 0 Å². The van der Waals surface area contributed by atoms with Crippen molar-refractivity contribution in [3.63, 3.8) is 0 Å². The van der Waals surface area contributed by atoms with Crippen LogP contribution in [0.3, 0.4) is 0 Å². The van der Waals surface area contributed by atoms with Crippen molar-refractivity contribution < 1.29 is 10.2 Å². The number of aromatic nitrogens is 6. The molecule has 0 radical (unpaired) electrons. The molecule has 0 saturated heterocycles. The highest BCUT2D eigenvalue weighted by Crippen LogP contribution is 2.45. The summed E-state index contributed by atoms with van der Waals surface area (Å²) in [5.41, 5.74) is 16.8. The summed E-state index contributed by atoms with van der Waals surface area (Å²) >= 11 is 0. The van der Waals surface area contributed by atoms with Crippen molar-refractivity contribution in [2.45, 2.75) is 0 Å². The Morgan fingerprint density at radius 1 is 0.164 bits per heavy atom. The maximum atomic E-state index is 9.21. The molecule has 22 aromatic rings. The van der Waals surface area contributed by atoms with Gasteiger partial charge in [-0.15, -0.1) is 0 Å². The Morgan fingerprint density at radius 3 is 0.845 bits per heavy atom. The first kappa shape index (κ1) is 62.5. The van der Waals surface area contributed by atoms with E-state index in [0.29, 0.717) is 52.2 Å². The van der Waals surface area contributed by atoms with Crippen LogP contribution in [-0.2, 0) is 0 Å². The van der Waals surface area contributed by atoms with Gasteiger partial charge in [0.05, 0.1) is 1.37 Å². The Hall–Kier alpha value is -14.9. The number of furan rings is 2. The number of benzene rings is 18. The number of fused-ring (bicyclic) bond motifs is 18. The molecule has 0 aliphatic carbocycles. The van der Waals surface area contributed by atoms with E-state index >= 15 is 0 Å². The van der Waals surface area contributed by atoms with Crippen molar-refractivity contribution >= 4 is 109 Å². The summed E-state index contributed by atoms with van der Waals surface area (Å²) in [5, 5.41) is 18.6. The topological polar surface area (TPSA) is 104 Å². The number of hydrogen-bond donors (Lipinski definition) is 0. The van der Waals surface area contributed by atoms with Crippen LogP contribution in [0.4, 0.5) is 0 Å². The van der Waals surface area contributed by atoms with Gasteiger partial charge in [-0.05, 0) is 170 Å². The van der Waals surface area contributed by atoms with E-state index in [2.05, 4.69) is 237 Å². The molecule has 0 atom stereocenters. The van der Waals surface area contributed by atoms with Crippen molar-refractivity contribution in [3.05, 3.63) is 376 Å². The molecule has 4 aromatic heterocycles. The van der Waals surface area contributed by atoms with Gasteiger partial charge in [-0.2, -0.15) is 0 Å². The fourth-order valence-corrected chi connectivity index (χ4v) is 16.1. The van der Waals surface area contributed by atoms with Crippen molar-refractivity contribution in [1.82, 2.24) is 29.9 Å². The van der Waals surface area contributed by atoms with Crippen LogP contribution >= 0.6 is 0 Å². The van der Waals surface area contributed by atoms with E-state index in [9.17, 15) is 1.37 Å². The van der Waals surface area contributed by atoms with Gasteiger partial charge in [0.1, 0.15) is 22.3 Å². The second kappa shape index (κ2) is 26.6. The average molecular weight is 1400 g/mol. The second-order valence-electron chi connectivity index (χ2n) is 27.8. The summed E-state index contributed by atoms with van der Waals surface area (Å²) < 4.78 is 22.2. The maximum Gasteiger partial charge on any atom is 0.164 e. The normalized spacial score (nSPS) is 11.8. The fraction of sp³-hybridized carbons (Fsp3) is 0. The molecule has 0 N–H and O–H groups in total. The Balaban J connectivity index is 0.000000141. The molecule has 0 spiro atoms. The molecule has 110 heavy (non-hydrogen) atoms. The van der Waals surface area contributed by atoms with E-state index < -0.39 is 0 Å². The van der Waals surface area contributed by atoms with Crippen molar-refractivity contribution in [2.24, 2.45) is 0 Å².